The number of amides is 1. The van der Waals surface area contributed by atoms with Crippen molar-refractivity contribution in [3.8, 4) is 0 Å². The third-order valence-electron chi connectivity index (χ3n) is 3.54. The van der Waals surface area contributed by atoms with Gasteiger partial charge in [0.25, 0.3) is 0 Å². The van der Waals surface area contributed by atoms with Crippen LogP contribution >= 0.6 is 0 Å². The van der Waals surface area contributed by atoms with Crippen molar-refractivity contribution in [1.29, 1.82) is 0 Å². The van der Waals surface area contributed by atoms with Crippen molar-refractivity contribution in [3.05, 3.63) is 23.8 Å². The van der Waals surface area contributed by atoms with Crippen LogP contribution in [0.5, 0.6) is 0 Å². The normalized spacial score (nSPS) is 18.8. The van der Waals surface area contributed by atoms with Gasteiger partial charge in [-0.15, -0.1) is 0 Å². The highest BCUT2D eigenvalue weighted by atomic mass is 16.2. The van der Waals surface area contributed by atoms with Crippen molar-refractivity contribution >= 4 is 17.3 Å². The molecule has 1 aliphatic heterocycles. The molecular formula is C14H21N3O. The Kier molecular flexibility index (Phi) is 3.57. The molecule has 0 aliphatic carbocycles. The molecule has 1 atom stereocenters. The third kappa shape index (κ3) is 2.08. The highest BCUT2D eigenvalue weighted by Crippen LogP contribution is 2.37. The molecule has 4 heteroatoms. The van der Waals surface area contributed by atoms with E-state index in [0.29, 0.717) is 18.9 Å². The fraction of sp³-hybridized carbons (Fsp3) is 0.500. The van der Waals surface area contributed by atoms with E-state index >= 15 is 0 Å². The SMILES string of the molecule is CC(C)c1cccc2c1NC(=O)C(CCN)N2C. The highest BCUT2D eigenvalue weighted by Gasteiger charge is 2.31. The Bertz CT molecular complexity index is 456. The van der Waals surface area contributed by atoms with Gasteiger partial charge in [-0.3, -0.25) is 4.79 Å². The van der Waals surface area contributed by atoms with E-state index in [-0.39, 0.29) is 11.9 Å². The number of fused-ring (bicyclic) bond motifs is 1. The van der Waals surface area contributed by atoms with Crippen molar-refractivity contribution in [1.82, 2.24) is 0 Å². The standard InChI is InChI=1S/C14H21N3O/c1-9(2)10-5-4-6-11-13(10)16-14(18)12(7-8-15)17(11)3/h4-6,9,12H,7-8,15H2,1-3H3,(H,16,18). The Morgan fingerprint density at radius 3 is 2.78 bits per heavy atom. The first-order chi connectivity index (χ1) is 8.56. The van der Waals surface area contributed by atoms with Gasteiger partial charge in [-0.1, -0.05) is 26.0 Å². The zero-order chi connectivity index (χ0) is 13.3. The minimum Gasteiger partial charge on any atom is -0.361 e. The summed E-state index contributed by atoms with van der Waals surface area (Å²) in [5, 5.41) is 3.04. The minimum absolute atomic E-state index is 0.0450. The molecular weight excluding hydrogens is 226 g/mol. The second-order valence-corrected chi connectivity index (χ2v) is 5.09. The number of carbonyl (C=O) groups is 1. The number of carbonyl (C=O) groups excluding carboxylic acids is 1. The quantitative estimate of drug-likeness (QED) is 0.858. The van der Waals surface area contributed by atoms with E-state index in [1.54, 1.807) is 0 Å². The average Bonchev–Trinajstić information content (AvgIpc) is 2.33. The van der Waals surface area contributed by atoms with Gasteiger partial charge in [0, 0.05) is 7.05 Å². The number of hydrogen-bond donors (Lipinski definition) is 2. The second-order valence-electron chi connectivity index (χ2n) is 5.09. The van der Waals surface area contributed by atoms with E-state index in [2.05, 4.69) is 25.2 Å². The summed E-state index contributed by atoms with van der Waals surface area (Å²) < 4.78 is 0. The van der Waals surface area contributed by atoms with E-state index in [1.165, 1.54) is 5.56 Å². The molecule has 0 saturated heterocycles. The lowest BCUT2D eigenvalue weighted by atomic mass is 9.96. The van der Waals surface area contributed by atoms with E-state index in [9.17, 15) is 4.79 Å². The predicted octanol–water partition coefficient (Wildman–Crippen LogP) is 1.92. The number of likely N-dealkylation sites (N-methyl/N-ethyl adjacent to an activating group) is 1. The van der Waals surface area contributed by atoms with Crippen LogP contribution in [-0.2, 0) is 4.79 Å². The largest absolute Gasteiger partial charge is 0.361 e. The first-order valence-electron chi connectivity index (χ1n) is 6.43. The van der Waals surface area contributed by atoms with E-state index < -0.39 is 0 Å². The molecule has 0 radical (unpaired) electrons. The second kappa shape index (κ2) is 4.98. The van der Waals surface area contributed by atoms with Gasteiger partial charge in [0.15, 0.2) is 0 Å². The number of hydrogen-bond acceptors (Lipinski definition) is 3. The number of rotatable bonds is 3. The minimum atomic E-state index is -0.162. The molecule has 4 nitrogen and oxygen atoms in total. The summed E-state index contributed by atoms with van der Waals surface area (Å²) in [5.74, 6) is 0.434. The summed E-state index contributed by atoms with van der Waals surface area (Å²) in [7, 11) is 1.96. The van der Waals surface area contributed by atoms with Crippen molar-refractivity contribution in [2.75, 3.05) is 23.8 Å². The Morgan fingerprint density at radius 1 is 1.44 bits per heavy atom. The van der Waals surface area contributed by atoms with Crippen LogP contribution < -0.4 is 16.0 Å². The fourth-order valence-electron chi connectivity index (χ4n) is 2.50. The number of nitrogens with zero attached hydrogens (tertiary/aromatic N) is 1. The number of anilines is 2. The van der Waals surface area contributed by atoms with Gasteiger partial charge in [-0.05, 0) is 30.5 Å². The van der Waals surface area contributed by atoms with Crippen LogP contribution in [0.2, 0.25) is 0 Å². The maximum Gasteiger partial charge on any atom is 0.247 e. The van der Waals surface area contributed by atoms with Crippen molar-refractivity contribution < 1.29 is 4.79 Å². The molecule has 1 aliphatic rings. The van der Waals surface area contributed by atoms with Crippen LogP contribution in [-0.4, -0.2) is 25.5 Å². The molecule has 3 N–H and O–H groups in total. The van der Waals surface area contributed by atoms with Gasteiger partial charge >= 0.3 is 0 Å². The maximum absolute atomic E-state index is 12.1. The van der Waals surface area contributed by atoms with Gasteiger partial charge in [0.1, 0.15) is 6.04 Å². The summed E-state index contributed by atoms with van der Waals surface area (Å²) in [6.45, 7) is 4.78. The van der Waals surface area contributed by atoms with Crippen LogP contribution in [0.3, 0.4) is 0 Å². The third-order valence-corrected chi connectivity index (χ3v) is 3.54. The van der Waals surface area contributed by atoms with Crippen molar-refractivity contribution in [3.63, 3.8) is 0 Å². The maximum atomic E-state index is 12.1. The lowest BCUT2D eigenvalue weighted by Crippen LogP contribution is -2.47. The van der Waals surface area contributed by atoms with Gasteiger partial charge in [0.05, 0.1) is 11.4 Å². The first kappa shape index (κ1) is 12.9. The van der Waals surface area contributed by atoms with E-state index in [1.807, 2.05) is 24.1 Å². The van der Waals surface area contributed by atoms with Gasteiger partial charge in [0.2, 0.25) is 5.91 Å². The Morgan fingerprint density at radius 2 is 2.17 bits per heavy atom. The van der Waals surface area contributed by atoms with Crippen LogP contribution in [0.15, 0.2) is 18.2 Å². The Balaban J connectivity index is 2.44. The van der Waals surface area contributed by atoms with E-state index in [4.69, 9.17) is 5.73 Å². The molecule has 0 bridgehead atoms. The van der Waals surface area contributed by atoms with Gasteiger partial charge < -0.3 is 16.0 Å². The van der Waals surface area contributed by atoms with Gasteiger partial charge in [-0.25, -0.2) is 0 Å². The molecule has 1 aromatic carbocycles. The number of nitrogens with two attached hydrogens (primary N) is 1. The molecule has 0 aromatic heterocycles. The summed E-state index contributed by atoms with van der Waals surface area (Å²) in [6.07, 6.45) is 0.674. The lowest BCUT2D eigenvalue weighted by Gasteiger charge is -2.36. The molecule has 18 heavy (non-hydrogen) atoms. The number of para-hydroxylation sites is 1. The van der Waals surface area contributed by atoms with Crippen LogP contribution in [0, 0.1) is 0 Å². The summed E-state index contributed by atoms with van der Waals surface area (Å²) in [4.78, 5) is 14.2. The molecule has 1 aromatic rings. The molecule has 2 rings (SSSR count). The zero-order valence-corrected chi connectivity index (χ0v) is 11.2. The predicted molar refractivity (Wildman–Crippen MR) is 75.0 cm³/mol. The summed E-state index contributed by atoms with van der Waals surface area (Å²) in [5.41, 5.74) is 8.79. The van der Waals surface area contributed by atoms with E-state index in [0.717, 1.165) is 11.4 Å². The van der Waals surface area contributed by atoms with Crippen molar-refractivity contribution in [2.45, 2.75) is 32.2 Å². The number of benzene rings is 1. The molecule has 0 fully saturated rings. The number of nitrogens with one attached hydrogen (secondary N) is 1. The lowest BCUT2D eigenvalue weighted by molar-refractivity contribution is -0.117. The van der Waals surface area contributed by atoms with Crippen LogP contribution in [0.1, 0.15) is 31.7 Å². The fourth-order valence-corrected chi connectivity index (χ4v) is 2.50. The smallest absolute Gasteiger partial charge is 0.247 e. The topological polar surface area (TPSA) is 58.4 Å². The molecule has 1 heterocycles. The molecule has 1 amide bonds. The van der Waals surface area contributed by atoms with Crippen molar-refractivity contribution in [2.24, 2.45) is 5.73 Å². The van der Waals surface area contributed by atoms with Crippen LogP contribution in [0.25, 0.3) is 0 Å². The average molecular weight is 247 g/mol. The van der Waals surface area contributed by atoms with Gasteiger partial charge in [-0.2, -0.15) is 0 Å². The molecule has 0 spiro atoms. The highest BCUT2D eigenvalue weighted by molar-refractivity contribution is 6.04. The first-order valence-corrected chi connectivity index (χ1v) is 6.43. The summed E-state index contributed by atoms with van der Waals surface area (Å²) >= 11 is 0. The molecule has 1 unspecified atom stereocenters. The molecule has 0 saturated carbocycles. The van der Waals surface area contributed by atoms with Crippen LogP contribution in [0.4, 0.5) is 11.4 Å². The summed E-state index contributed by atoms with van der Waals surface area (Å²) in [6, 6.07) is 6.00. The Labute approximate surface area is 108 Å². The molecule has 98 valence electrons. The Hall–Kier alpha value is -1.55. The monoisotopic (exact) mass is 247 g/mol. The zero-order valence-electron chi connectivity index (χ0n) is 11.2.